The quantitative estimate of drug-likeness (QED) is 0.922. The molecular weight excluding hydrogens is 261 g/mol. The second-order valence-corrected chi connectivity index (χ2v) is 4.90. The molecule has 1 N–H and O–H groups in total. The smallest absolute Gasteiger partial charge is 0.193 e. The maximum atomic E-state index is 5.93. The SMILES string of the molecule is CNC1CCCCC1Oc1cc(Cl)nnc1Cl. The molecule has 1 aliphatic carbocycles. The fraction of sp³-hybridized carbons (Fsp3) is 0.636. The summed E-state index contributed by atoms with van der Waals surface area (Å²) in [7, 11) is 1.95. The summed E-state index contributed by atoms with van der Waals surface area (Å²) in [6.07, 6.45) is 4.65. The number of likely N-dealkylation sites (N-methyl/N-ethyl adjacent to an activating group) is 1. The van der Waals surface area contributed by atoms with E-state index in [-0.39, 0.29) is 11.3 Å². The van der Waals surface area contributed by atoms with Crippen LogP contribution in [0.25, 0.3) is 0 Å². The van der Waals surface area contributed by atoms with E-state index < -0.39 is 0 Å². The Labute approximate surface area is 111 Å². The van der Waals surface area contributed by atoms with Crippen LogP contribution in [-0.4, -0.2) is 29.4 Å². The average Bonchev–Trinajstić information content (AvgIpc) is 2.34. The number of nitrogens with zero attached hydrogens (tertiary/aromatic N) is 2. The summed E-state index contributed by atoms with van der Waals surface area (Å²) in [5, 5.41) is 11.2. The van der Waals surface area contributed by atoms with Gasteiger partial charge in [0.15, 0.2) is 16.1 Å². The summed E-state index contributed by atoms with van der Waals surface area (Å²) >= 11 is 11.7. The van der Waals surface area contributed by atoms with Gasteiger partial charge in [-0.15, -0.1) is 10.2 Å². The van der Waals surface area contributed by atoms with Crippen LogP contribution in [0.2, 0.25) is 10.3 Å². The molecule has 94 valence electrons. The van der Waals surface area contributed by atoms with Crippen molar-refractivity contribution in [1.82, 2.24) is 15.5 Å². The van der Waals surface area contributed by atoms with Crippen LogP contribution in [0.1, 0.15) is 25.7 Å². The number of nitrogens with one attached hydrogen (secondary N) is 1. The maximum absolute atomic E-state index is 5.93. The highest BCUT2D eigenvalue weighted by Gasteiger charge is 2.26. The zero-order valence-corrected chi connectivity index (χ0v) is 11.1. The van der Waals surface area contributed by atoms with E-state index in [2.05, 4.69) is 15.5 Å². The molecule has 6 heteroatoms. The normalized spacial score (nSPS) is 24.6. The highest BCUT2D eigenvalue weighted by Crippen LogP contribution is 2.28. The fourth-order valence-corrected chi connectivity index (χ4v) is 2.43. The van der Waals surface area contributed by atoms with Crippen LogP contribution in [0.4, 0.5) is 0 Å². The second-order valence-electron chi connectivity index (χ2n) is 4.16. The van der Waals surface area contributed by atoms with Crippen molar-refractivity contribution in [3.63, 3.8) is 0 Å². The first-order valence-corrected chi connectivity index (χ1v) is 6.49. The molecule has 0 amide bonds. The molecule has 0 aromatic carbocycles. The molecular formula is C11H15Cl2N3O. The van der Waals surface area contributed by atoms with Gasteiger partial charge in [-0.1, -0.05) is 29.6 Å². The molecule has 2 rings (SSSR count). The molecule has 4 nitrogen and oxygen atoms in total. The van der Waals surface area contributed by atoms with Crippen molar-refractivity contribution in [1.29, 1.82) is 0 Å². The minimum atomic E-state index is 0.117. The topological polar surface area (TPSA) is 47.0 Å². The summed E-state index contributed by atoms with van der Waals surface area (Å²) in [6.45, 7) is 0. The monoisotopic (exact) mass is 275 g/mol. The van der Waals surface area contributed by atoms with Crippen molar-refractivity contribution >= 4 is 23.2 Å². The number of rotatable bonds is 3. The highest BCUT2D eigenvalue weighted by atomic mass is 35.5. The first-order chi connectivity index (χ1) is 8.20. The molecule has 1 aliphatic rings. The van der Waals surface area contributed by atoms with E-state index in [4.69, 9.17) is 27.9 Å². The van der Waals surface area contributed by atoms with Crippen LogP contribution in [0, 0.1) is 0 Å². The third-order valence-corrected chi connectivity index (χ3v) is 3.49. The van der Waals surface area contributed by atoms with Gasteiger partial charge >= 0.3 is 0 Å². The van der Waals surface area contributed by atoms with Gasteiger partial charge < -0.3 is 10.1 Å². The molecule has 1 fully saturated rings. The number of ether oxygens (including phenoxy) is 1. The van der Waals surface area contributed by atoms with Crippen molar-refractivity contribution in [2.24, 2.45) is 0 Å². The Hall–Kier alpha value is -0.580. The van der Waals surface area contributed by atoms with E-state index in [0.717, 1.165) is 12.8 Å². The van der Waals surface area contributed by atoms with Crippen molar-refractivity contribution in [2.75, 3.05) is 7.05 Å². The number of hydrogen-bond acceptors (Lipinski definition) is 4. The van der Waals surface area contributed by atoms with Gasteiger partial charge in [0.05, 0.1) is 0 Å². The molecule has 1 aromatic rings. The van der Waals surface area contributed by atoms with E-state index >= 15 is 0 Å². The van der Waals surface area contributed by atoms with E-state index in [0.29, 0.717) is 16.9 Å². The number of hydrogen-bond donors (Lipinski definition) is 1. The van der Waals surface area contributed by atoms with Crippen molar-refractivity contribution < 1.29 is 4.74 Å². The first-order valence-electron chi connectivity index (χ1n) is 5.73. The van der Waals surface area contributed by atoms with Crippen LogP contribution in [-0.2, 0) is 0 Å². The van der Waals surface area contributed by atoms with Gasteiger partial charge in [-0.05, 0) is 26.3 Å². The summed E-state index contributed by atoms with van der Waals surface area (Å²) < 4.78 is 5.89. The van der Waals surface area contributed by atoms with Gasteiger partial charge in [0.1, 0.15) is 6.10 Å². The molecule has 1 aromatic heterocycles. The highest BCUT2D eigenvalue weighted by molar-refractivity contribution is 6.32. The lowest BCUT2D eigenvalue weighted by molar-refractivity contribution is 0.117. The lowest BCUT2D eigenvalue weighted by Gasteiger charge is -2.31. The van der Waals surface area contributed by atoms with Gasteiger partial charge in [-0.25, -0.2) is 0 Å². The van der Waals surface area contributed by atoms with Crippen LogP contribution in [0.5, 0.6) is 5.75 Å². The van der Waals surface area contributed by atoms with Gasteiger partial charge in [0, 0.05) is 12.1 Å². The lowest BCUT2D eigenvalue weighted by Crippen LogP contribution is -2.43. The Morgan fingerprint density at radius 3 is 2.82 bits per heavy atom. The third kappa shape index (κ3) is 3.21. The minimum Gasteiger partial charge on any atom is -0.485 e. The maximum Gasteiger partial charge on any atom is 0.193 e. The number of halogens is 2. The Morgan fingerprint density at radius 1 is 1.29 bits per heavy atom. The molecule has 0 saturated heterocycles. The summed E-state index contributed by atoms with van der Waals surface area (Å²) in [6, 6.07) is 1.96. The number of aromatic nitrogens is 2. The van der Waals surface area contributed by atoms with E-state index in [9.17, 15) is 0 Å². The second kappa shape index (κ2) is 5.85. The predicted octanol–water partition coefficient (Wildman–Crippen LogP) is 2.69. The summed E-state index contributed by atoms with van der Waals surface area (Å²) in [5.41, 5.74) is 0. The molecule has 0 spiro atoms. The van der Waals surface area contributed by atoms with Crippen LogP contribution >= 0.6 is 23.2 Å². The largest absolute Gasteiger partial charge is 0.485 e. The molecule has 2 unspecified atom stereocenters. The van der Waals surface area contributed by atoms with Crippen molar-refractivity contribution in [3.05, 3.63) is 16.4 Å². The Balaban J connectivity index is 2.10. The molecule has 1 heterocycles. The Morgan fingerprint density at radius 2 is 2.06 bits per heavy atom. The van der Waals surface area contributed by atoms with E-state index in [1.807, 2.05) is 7.05 Å². The molecule has 1 saturated carbocycles. The molecule has 2 atom stereocenters. The fourth-order valence-electron chi connectivity index (χ4n) is 2.15. The molecule has 17 heavy (non-hydrogen) atoms. The lowest BCUT2D eigenvalue weighted by atomic mass is 9.92. The summed E-state index contributed by atoms with van der Waals surface area (Å²) in [5.74, 6) is 0.513. The third-order valence-electron chi connectivity index (χ3n) is 3.04. The standard InChI is InChI=1S/C11H15Cl2N3O/c1-14-7-4-2-3-5-8(7)17-9-6-10(12)15-16-11(9)13/h6-8,14H,2-5H2,1H3. The van der Waals surface area contributed by atoms with Gasteiger partial charge in [0.25, 0.3) is 0 Å². The first kappa shape index (κ1) is 12.9. The molecule has 0 bridgehead atoms. The van der Waals surface area contributed by atoms with Crippen molar-refractivity contribution in [3.8, 4) is 5.75 Å². The van der Waals surface area contributed by atoms with Gasteiger partial charge in [-0.2, -0.15) is 0 Å². The Bertz CT molecular complexity index is 389. The van der Waals surface area contributed by atoms with Crippen LogP contribution in [0.3, 0.4) is 0 Å². The molecule has 0 radical (unpaired) electrons. The van der Waals surface area contributed by atoms with Crippen molar-refractivity contribution in [2.45, 2.75) is 37.8 Å². The van der Waals surface area contributed by atoms with E-state index in [1.54, 1.807) is 6.07 Å². The van der Waals surface area contributed by atoms with Crippen LogP contribution < -0.4 is 10.1 Å². The average molecular weight is 276 g/mol. The molecule has 0 aliphatic heterocycles. The zero-order chi connectivity index (χ0) is 12.3. The Kier molecular flexibility index (Phi) is 4.42. The van der Waals surface area contributed by atoms with E-state index in [1.165, 1.54) is 12.8 Å². The van der Waals surface area contributed by atoms with Gasteiger partial charge in [-0.3, -0.25) is 0 Å². The predicted molar refractivity (Wildman–Crippen MR) is 67.8 cm³/mol. The van der Waals surface area contributed by atoms with Crippen LogP contribution in [0.15, 0.2) is 6.07 Å². The zero-order valence-electron chi connectivity index (χ0n) is 9.62. The minimum absolute atomic E-state index is 0.117. The van der Waals surface area contributed by atoms with Gasteiger partial charge in [0.2, 0.25) is 0 Å². The summed E-state index contributed by atoms with van der Waals surface area (Å²) in [4.78, 5) is 0.